The fraction of sp³-hybridized carbons (Fsp3) is 0.435. The largest absolute Gasteiger partial charge is 0.393 e. The molecule has 2 aromatic carbocycles. The Kier molecular flexibility index (Phi) is 7.92. The first-order chi connectivity index (χ1) is 14.0. The minimum Gasteiger partial charge on any atom is -0.393 e. The molecule has 5 nitrogen and oxygen atoms in total. The van der Waals surface area contributed by atoms with Crippen LogP contribution in [-0.2, 0) is 13.1 Å². The minimum absolute atomic E-state index is 0.102. The van der Waals surface area contributed by atoms with Crippen molar-refractivity contribution in [2.24, 2.45) is 4.99 Å². The molecule has 0 bridgehead atoms. The van der Waals surface area contributed by atoms with E-state index < -0.39 is 0 Å². The molecule has 1 fully saturated rings. The van der Waals surface area contributed by atoms with Gasteiger partial charge in [0.1, 0.15) is 0 Å². The van der Waals surface area contributed by atoms with Crippen LogP contribution in [0.4, 0.5) is 0 Å². The summed E-state index contributed by atoms with van der Waals surface area (Å²) >= 11 is 6.09. The zero-order valence-electron chi connectivity index (χ0n) is 17.2. The molecule has 0 aliphatic carbocycles. The third-order valence-corrected chi connectivity index (χ3v) is 5.61. The van der Waals surface area contributed by atoms with Crippen molar-refractivity contribution in [3.8, 4) is 0 Å². The van der Waals surface area contributed by atoms with Gasteiger partial charge in [-0.2, -0.15) is 0 Å². The molecule has 3 rings (SSSR count). The number of hydrogen-bond donors (Lipinski definition) is 3. The predicted molar refractivity (Wildman–Crippen MR) is 120 cm³/mol. The van der Waals surface area contributed by atoms with Crippen molar-refractivity contribution in [1.29, 1.82) is 0 Å². The van der Waals surface area contributed by atoms with Gasteiger partial charge in [-0.3, -0.25) is 9.89 Å². The maximum Gasteiger partial charge on any atom is 0.191 e. The molecule has 1 aliphatic rings. The first-order valence-corrected chi connectivity index (χ1v) is 10.6. The standard InChI is InChI=1S/C23H31ClN4O/c1-17(20-4-3-5-21(24)14-20)27-23(25-2)26-15-18-6-8-19(9-7-18)16-28-12-10-22(29)11-13-28/h3-9,14,17,22,29H,10-13,15-16H2,1-2H3,(H2,25,26,27). The highest BCUT2D eigenvalue weighted by Gasteiger charge is 2.16. The van der Waals surface area contributed by atoms with Gasteiger partial charge in [-0.15, -0.1) is 0 Å². The fourth-order valence-electron chi connectivity index (χ4n) is 3.54. The summed E-state index contributed by atoms with van der Waals surface area (Å²) in [6.07, 6.45) is 1.63. The molecule has 0 radical (unpaired) electrons. The molecule has 1 atom stereocenters. The summed E-state index contributed by atoms with van der Waals surface area (Å²) in [5, 5.41) is 17.1. The molecule has 0 aromatic heterocycles. The Hall–Kier alpha value is -2.08. The van der Waals surface area contributed by atoms with Crippen LogP contribution < -0.4 is 10.6 Å². The molecule has 1 aliphatic heterocycles. The van der Waals surface area contributed by atoms with Gasteiger partial charge in [0, 0.05) is 38.2 Å². The van der Waals surface area contributed by atoms with Gasteiger partial charge in [0.25, 0.3) is 0 Å². The van der Waals surface area contributed by atoms with E-state index in [-0.39, 0.29) is 12.1 Å². The molecule has 0 amide bonds. The quantitative estimate of drug-likeness (QED) is 0.498. The van der Waals surface area contributed by atoms with Crippen LogP contribution in [0.15, 0.2) is 53.5 Å². The highest BCUT2D eigenvalue weighted by atomic mass is 35.5. The second-order valence-corrected chi connectivity index (χ2v) is 8.11. The van der Waals surface area contributed by atoms with E-state index in [0.29, 0.717) is 6.54 Å². The Morgan fingerprint density at radius 2 is 1.86 bits per heavy atom. The molecule has 1 saturated heterocycles. The van der Waals surface area contributed by atoms with Crippen LogP contribution in [0.2, 0.25) is 5.02 Å². The van der Waals surface area contributed by atoms with Gasteiger partial charge in [0.15, 0.2) is 5.96 Å². The highest BCUT2D eigenvalue weighted by Crippen LogP contribution is 2.17. The Labute approximate surface area is 178 Å². The second kappa shape index (κ2) is 10.6. The summed E-state index contributed by atoms with van der Waals surface area (Å²) in [5.41, 5.74) is 3.64. The summed E-state index contributed by atoms with van der Waals surface area (Å²) in [4.78, 5) is 6.73. The van der Waals surface area contributed by atoms with Crippen molar-refractivity contribution >= 4 is 17.6 Å². The first-order valence-electron chi connectivity index (χ1n) is 10.2. The average molecular weight is 415 g/mol. The number of nitrogens with zero attached hydrogens (tertiary/aromatic N) is 2. The number of hydrogen-bond acceptors (Lipinski definition) is 3. The van der Waals surface area contributed by atoms with Crippen molar-refractivity contribution in [2.75, 3.05) is 20.1 Å². The molecular formula is C23H31ClN4O. The maximum absolute atomic E-state index is 9.63. The molecule has 2 aromatic rings. The summed E-state index contributed by atoms with van der Waals surface area (Å²) in [6.45, 7) is 5.68. The van der Waals surface area contributed by atoms with Crippen molar-refractivity contribution in [1.82, 2.24) is 15.5 Å². The number of nitrogens with one attached hydrogen (secondary N) is 2. The number of benzene rings is 2. The van der Waals surface area contributed by atoms with Gasteiger partial charge in [0.05, 0.1) is 12.1 Å². The Bertz CT molecular complexity index is 801. The lowest BCUT2D eigenvalue weighted by Gasteiger charge is -2.29. The number of guanidine groups is 1. The lowest BCUT2D eigenvalue weighted by Crippen LogP contribution is -2.38. The van der Waals surface area contributed by atoms with E-state index in [1.165, 1.54) is 11.1 Å². The number of rotatable bonds is 6. The van der Waals surface area contributed by atoms with Crippen molar-refractivity contribution in [3.63, 3.8) is 0 Å². The molecule has 29 heavy (non-hydrogen) atoms. The van der Waals surface area contributed by atoms with Gasteiger partial charge in [-0.25, -0.2) is 0 Å². The molecule has 6 heteroatoms. The molecule has 156 valence electrons. The third kappa shape index (κ3) is 6.74. The van der Waals surface area contributed by atoms with Gasteiger partial charge >= 0.3 is 0 Å². The molecule has 1 heterocycles. The van der Waals surface area contributed by atoms with Gasteiger partial charge in [0.2, 0.25) is 0 Å². The van der Waals surface area contributed by atoms with Gasteiger partial charge < -0.3 is 15.7 Å². The van der Waals surface area contributed by atoms with Crippen molar-refractivity contribution in [2.45, 2.75) is 45.0 Å². The molecule has 0 saturated carbocycles. The number of aliphatic hydroxyl groups is 1. The Morgan fingerprint density at radius 1 is 1.17 bits per heavy atom. The average Bonchev–Trinajstić information content (AvgIpc) is 2.73. The van der Waals surface area contributed by atoms with E-state index in [4.69, 9.17) is 11.6 Å². The smallest absolute Gasteiger partial charge is 0.191 e. The van der Waals surface area contributed by atoms with E-state index >= 15 is 0 Å². The van der Waals surface area contributed by atoms with Gasteiger partial charge in [-0.05, 0) is 48.6 Å². The Morgan fingerprint density at radius 3 is 2.52 bits per heavy atom. The second-order valence-electron chi connectivity index (χ2n) is 7.67. The van der Waals surface area contributed by atoms with E-state index in [1.54, 1.807) is 7.05 Å². The zero-order valence-corrected chi connectivity index (χ0v) is 18.0. The highest BCUT2D eigenvalue weighted by molar-refractivity contribution is 6.30. The van der Waals surface area contributed by atoms with Crippen LogP contribution in [-0.4, -0.2) is 42.2 Å². The number of aliphatic imine (C=N–C) groups is 1. The van der Waals surface area contributed by atoms with E-state index in [2.05, 4.69) is 57.8 Å². The molecule has 1 unspecified atom stereocenters. The lowest BCUT2D eigenvalue weighted by molar-refractivity contribution is 0.0792. The number of likely N-dealkylation sites (tertiary alicyclic amines) is 1. The third-order valence-electron chi connectivity index (χ3n) is 5.37. The van der Waals surface area contributed by atoms with Gasteiger partial charge in [-0.1, -0.05) is 48.0 Å². The van der Waals surface area contributed by atoms with Crippen LogP contribution in [0, 0.1) is 0 Å². The summed E-state index contributed by atoms with van der Waals surface area (Å²) < 4.78 is 0. The van der Waals surface area contributed by atoms with E-state index in [0.717, 1.165) is 49.0 Å². The van der Waals surface area contributed by atoms with Crippen molar-refractivity contribution < 1.29 is 5.11 Å². The maximum atomic E-state index is 9.63. The zero-order chi connectivity index (χ0) is 20.6. The lowest BCUT2D eigenvalue weighted by atomic mass is 10.1. The number of aliphatic hydroxyl groups excluding tert-OH is 1. The molecule has 0 spiro atoms. The summed E-state index contributed by atoms with van der Waals surface area (Å²) in [7, 11) is 1.78. The van der Waals surface area contributed by atoms with Crippen LogP contribution in [0.5, 0.6) is 0 Å². The predicted octanol–water partition coefficient (Wildman–Crippen LogP) is 3.72. The minimum atomic E-state index is -0.121. The van der Waals surface area contributed by atoms with Crippen LogP contribution >= 0.6 is 11.6 Å². The number of halogens is 1. The van der Waals surface area contributed by atoms with Crippen LogP contribution in [0.3, 0.4) is 0 Å². The first kappa shape index (κ1) is 21.6. The molecular weight excluding hydrogens is 384 g/mol. The molecule has 3 N–H and O–H groups in total. The SMILES string of the molecule is CN=C(NCc1ccc(CN2CCC(O)CC2)cc1)NC(C)c1cccc(Cl)c1. The summed E-state index contributed by atoms with van der Waals surface area (Å²) in [6, 6.07) is 16.7. The van der Waals surface area contributed by atoms with E-state index in [1.807, 2.05) is 18.2 Å². The number of piperidine rings is 1. The normalized spacial score (nSPS) is 17.2. The van der Waals surface area contributed by atoms with Crippen LogP contribution in [0.1, 0.15) is 42.5 Å². The fourth-order valence-corrected chi connectivity index (χ4v) is 3.74. The summed E-state index contributed by atoms with van der Waals surface area (Å²) in [5.74, 6) is 0.758. The Balaban J connectivity index is 1.48. The monoisotopic (exact) mass is 414 g/mol. The van der Waals surface area contributed by atoms with Crippen molar-refractivity contribution in [3.05, 3.63) is 70.2 Å². The topological polar surface area (TPSA) is 59.9 Å². The van der Waals surface area contributed by atoms with E-state index in [9.17, 15) is 5.11 Å². The van der Waals surface area contributed by atoms with Crippen LogP contribution in [0.25, 0.3) is 0 Å².